The summed E-state index contributed by atoms with van der Waals surface area (Å²) in [5.74, 6) is -12.1. The van der Waals surface area contributed by atoms with Crippen LogP contribution in [0.25, 0.3) is 0 Å². The fourth-order valence-electron chi connectivity index (χ4n) is 12.2. The van der Waals surface area contributed by atoms with Gasteiger partial charge in [-0.25, -0.2) is 24.7 Å². The molecule has 604 valence electrons. The molecule has 1 aliphatic heterocycles. The highest BCUT2D eigenvalue weighted by Gasteiger charge is 2.41. The number of aromatic amines is 4. The summed E-state index contributed by atoms with van der Waals surface area (Å²) in [6.07, 6.45) is 8.20. The number of phenols is 1. The Morgan fingerprint density at radius 1 is 0.500 bits per heavy atom. The molecular weight excluding hydrogens is 1460 g/mol. The van der Waals surface area contributed by atoms with E-state index in [1.54, 1.807) is 30.3 Å². The number of carbonyl (C=O) groups excluding carboxylic acids is 11. The number of H-pyrrole nitrogens is 4. The van der Waals surface area contributed by atoms with Crippen LogP contribution in [-0.4, -0.2) is 242 Å². The average molecular weight is 1560 g/mol. The molecule has 12 atom stereocenters. The third kappa shape index (κ3) is 28.3. The Bertz CT molecular complexity index is 4090. The predicted octanol–water partition coefficient (Wildman–Crippen LogP) is -5.12. The van der Waals surface area contributed by atoms with Gasteiger partial charge in [0.05, 0.1) is 66.8 Å². The van der Waals surface area contributed by atoms with Crippen molar-refractivity contribution in [3.8, 4) is 5.75 Å². The van der Waals surface area contributed by atoms with Gasteiger partial charge < -0.3 is 121 Å². The van der Waals surface area contributed by atoms with Gasteiger partial charge in [0, 0.05) is 82.9 Å². The molecule has 27 N–H and O–H groups in total. The lowest BCUT2D eigenvalue weighted by Gasteiger charge is -2.30. The number of carboxylic acid groups (broad SMARTS) is 1. The van der Waals surface area contributed by atoms with Gasteiger partial charge in [-0.15, -0.1) is 0 Å². The van der Waals surface area contributed by atoms with Gasteiger partial charge in [0.25, 0.3) is 0 Å². The molecule has 7 rings (SSSR count). The fourth-order valence-corrected chi connectivity index (χ4v) is 12.2. The van der Waals surface area contributed by atoms with Crippen LogP contribution in [0.2, 0.25) is 0 Å². The quantitative estimate of drug-likeness (QED) is 0.00966. The van der Waals surface area contributed by atoms with Gasteiger partial charge in [0.2, 0.25) is 65.0 Å². The summed E-state index contributed by atoms with van der Waals surface area (Å²) >= 11 is 0. The smallest absolute Gasteiger partial charge is 0.326 e. The molecule has 1 fully saturated rings. The topological polar surface area (TPSA) is 654 Å². The van der Waals surface area contributed by atoms with E-state index < -0.39 is 162 Å². The first kappa shape index (κ1) is 86.4. The first-order valence-corrected chi connectivity index (χ1v) is 36.4. The maximum atomic E-state index is 15.1. The Labute approximate surface area is 643 Å². The number of carboxylic acids is 1. The van der Waals surface area contributed by atoms with E-state index in [0.717, 1.165) is 11.8 Å². The summed E-state index contributed by atoms with van der Waals surface area (Å²) < 4.78 is 0. The molecule has 5 heterocycles. The summed E-state index contributed by atoms with van der Waals surface area (Å²) in [6.45, 7) is 4.49. The Morgan fingerprint density at radius 2 is 0.884 bits per heavy atom. The van der Waals surface area contributed by atoms with Crippen LogP contribution < -0.4 is 81.0 Å². The summed E-state index contributed by atoms with van der Waals surface area (Å²) in [4.78, 5) is 200. The van der Waals surface area contributed by atoms with E-state index in [1.807, 2.05) is 13.8 Å². The molecule has 0 radical (unpaired) electrons. The number of aromatic hydroxyl groups is 1. The molecule has 0 bridgehead atoms. The fraction of sp³-hybridized carbons (Fsp3) is 0.465. The number of carbonyl (C=O) groups is 12. The van der Waals surface area contributed by atoms with Crippen molar-refractivity contribution in [1.82, 2.24) is 109 Å². The van der Waals surface area contributed by atoms with Crippen molar-refractivity contribution in [1.29, 1.82) is 10.8 Å². The second-order valence-electron chi connectivity index (χ2n) is 27.3. The SMILES string of the molecule is CC(C)C[C@H](N)C(=O)NCC(=O)N[C@@H](CCCNC(=N)N)C(=O)N[C@@H](Cc1c[nH]cn1)C(=O)N[C@H](C(=O)N[C@@H](Cc1c[nH]cn1)C(=O)N[C@@H](Cc1c[nH]cn1)C(=O)N[C@@H](Cc1ccccc1)C(=O)N[C@@H](CCCNC(=N)N)C(=O)N[C@@H](Cc1c[nH]cn1)C(=O)N[C@@H](Cc1ccc(O)cc1)C(=O)N1CCC[C@H]1C(=O)O)[C@@H](C)O. The number of nitrogens with zero attached hydrogens (tertiary/aromatic N) is 5. The van der Waals surface area contributed by atoms with E-state index in [2.05, 4.69) is 104 Å². The Hall–Kier alpha value is -12.8. The van der Waals surface area contributed by atoms with Gasteiger partial charge in [-0.3, -0.25) is 63.6 Å². The second kappa shape index (κ2) is 43.4. The van der Waals surface area contributed by atoms with Gasteiger partial charge >= 0.3 is 5.97 Å². The van der Waals surface area contributed by atoms with Crippen molar-refractivity contribution in [2.45, 2.75) is 177 Å². The molecule has 0 saturated carbocycles. The van der Waals surface area contributed by atoms with Crippen molar-refractivity contribution < 1.29 is 72.9 Å². The number of hydrogen-bond donors (Lipinski definition) is 24. The largest absolute Gasteiger partial charge is 0.508 e. The lowest BCUT2D eigenvalue weighted by Crippen LogP contribution is -2.62. The zero-order valence-corrected chi connectivity index (χ0v) is 62.1. The van der Waals surface area contributed by atoms with E-state index in [4.69, 9.17) is 28.0 Å². The van der Waals surface area contributed by atoms with Crippen LogP contribution in [-0.2, 0) is 96.1 Å². The first-order chi connectivity index (χ1) is 53.5. The van der Waals surface area contributed by atoms with Crippen molar-refractivity contribution in [2.24, 2.45) is 23.1 Å². The number of aliphatic hydroxyl groups excluding tert-OH is 1. The first-order valence-electron chi connectivity index (χ1n) is 36.4. The number of hydrogen-bond acceptors (Lipinski definition) is 21. The molecule has 41 nitrogen and oxygen atoms in total. The molecule has 6 aromatic rings. The highest BCUT2D eigenvalue weighted by atomic mass is 16.4. The van der Waals surface area contributed by atoms with Crippen molar-refractivity contribution >= 4 is 82.9 Å². The summed E-state index contributed by atoms with van der Waals surface area (Å²) in [6, 6.07) is -2.21. The van der Waals surface area contributed by atoms with Crippen LogP contribution in [0.1, 0.15) is 99.6 Å². The van der Waals surface area contributed by atoms with Crippen LogP contribution >= 0.6 is 0 Å². The van der Waals surface area contributed by atoms with Crippen molar-refractivity contribution in [2.75, 3.05) is 26.2 Å². The number of likely N-dealkylation sites (tertiary alicyclic amines) is 1. The molecule has 2 aromatic carbocycles. The van der Waals surface area contributed by atoms with Gasteiger partial charge in [0.15, 0.2) is 11.9 Å². The van der Waals surface area contributed by atoms with Crippen LogP contribution in [0.15, 0.2) is 105 Å². The van der Waals surface area contributed by atoms with Gasteiger partial charge in [-0.05, 0) is 81.0 Å². The van der Waals surface area contributed by atoms with Crippen LogP contribution in [0, 0.1) is 16.7 Å². The number of phenolic OH excluding ortho intramolecular Hbond substituents is 1. The number of nitrogens with two attached hydrogens (primary N) is 3. The normalized spacial score (nSPS) is 15.4. The minimum atomic E-state index is -1.89. The Balaban J connectivity index is 1.13. The van der Waals surface area contributed by atoms with Gasteiger partial charge in [-0.2, -0.15) is 0 Å². The molecule has 1 aliphatic rings. The second-order valence-corrected chi connectivity index (χ2v) is 27.3. The molecule has 0 spiro atoms. The minimum Gasteiger partial charge on any atom is -0.508 e. The number of benzene rings is 2. The standard InChI is InChI=1S/C71H100N26O15/c1-38(2)22-47(72)59(101)83-33-57(100)88-48(12-7-19-81-70(73)74)60(102)92-54(28-45-32-80-37-87-45)66(108)96-58(39(3)98)67(109)94-53(27-44-31-79-36-86-44)64(106)93-51(25-42-29-77-34-84-42)63(105)90-50(23-40-10-5-4-6-11-40)62(104)89-49(13-8-20-82-71(75)76)61(103)91-52(26-43-30-78-35-85-43)65(107)95-55(24-41-15-17-46(99)18-16-41)68(110)97-21-9-14-56(97)69(111)112/h4-6,10-11,15-18,29-32,34-39,47-56,58,98-99H,7-9,12-14,19-28,33,72H2,1-3H3,(H,77,84)(H,78,85)(H,79,86)(H,80,87)(H,83,101)(H,88,100)(H,89,104)(H,90,105)(H,91,103)(H,92,102)(H,93,106)(H,94,109)(H,95,107)(H,96,108)(H,111,112)(H4,73,74,81)(H4,75,76,82)/t39-,47+,48+,49+,50+,51+,52+,53+,54+,55+,56+,58+/m1/s1. The molecule has 41 heteroatoms. The van der Waals surface area contributed by atoms with Crippen LogP contribution in [0.3, 0.4) is 0 Å². The predicted molar refractivity (Wildman–Crippen MR) is 401 cm³/mol. The number of aliphatic hydroxyl groups is 1. The monoisotopic (exact) mass is 1560 g/mol. The Morgan fingerprint density at radius 3 is 1.29 bits per heavy atom. The molecule has 112 heavy (non-hydrogen) atoms. The van der Waals surface area contributed by atoms with Crippen LogP contribution in [0.4, 0.5) is 0 Å². The van der Waals surface area contributed by atoms with Gasteiger partial charge in [-0.1, -0.05) is 56.3 Å². The molecule has 1 saturated heterocycles. The number of aliphatic carboxylic acids is 1. The van der Waals surface area contributed by atoms with E-state index in [0.29, 0.717) is 24.0 Å². The zero-order valence-electron chi connectivity index (χ0n) is 62.1. The van der Waals surface area contributed by atoms with Crippen LogP contribution in [0.5, 0.6) is 5.75 Å². The molecule has 0 aliphatic carbocycles. The summed E-state index contributed by atoms with van der Waals surface area (Å²) in [5.41, 5.74) is 19.0. The summed E-state index contributed by atoms with van der Waals surface area (Å²) in [7, 11) is 0. The van der Waals surface area contributed by atoms with E-state index in [9.17, 15) is 58.5 Å². The zero-order chi connectivity index (χ0) is 81.4. The molecule has 0 unspecified atom stereocenters. The maximum absolute atomic E-state index is 15.1. The molecule has 11 amide bonds. The maximum Gasteiger partial charge on any atom is 0.326 e. The van der Waals surface area contributed by atoms with E-state index in [-0.39, 0.29) is 124 Å². The lowest BCUT2D eigenvalue weighted by atomic mass is 10.0. The number of aromatic nitrogens is 8. The third-order valence-corrected chi connectivity index (χ3v) is 17.9. The number of imidazole rings is 4. The number of rotatable bonds is 45. The average Bonchev–Trinajstić information content (AvgIpc) is 1.64. The third-order valence-electron chi connectivity index (χ3n) is 17.9. The highest BCUT2D eigenvalue weighted by Crippen LogP contribution is 2.22. The number of amides is 11. The Kier molecular flexibility index (Phi) is 33.5. The molecule has 4 aromatic heterocycles. The van der Waals surface area contributed by atoms with Crippen molar-refractivity contribution in [3.05, 3.63) is 139 Å². The summed E-state index contributed by atoms with van der Waals surface area (Å²) in [5, 5.41) is 78.1. The highest BCUT2D eigenvalue weighted by molar-refractivity contribution is 6.00. The van der Waals surface area contributed by atoms with E-state index in [1.165, 1.54) is 74.4 Å². The lowest BCUT2D eigenvalue weighted by molar-refractivity contribution is -0.149. The minimum absolute atomic E-state index is 0.0117. The van der Waals surface area contributed by atoms with E-state index >= 15 is 14.4 Å². The molecular formula is C71H100N26O15. The number of nitrogens with one attached hydrogen (secondary N) is 18. The van der Waals surface area contributed by atoms with Gasteiger partial charge in [0.1, 0.15) is 66.2 Å². The number of guanidine groups is 2. The van der Waals surface area contributed by atoms with Crippen molar-refractivity contribution in [3.63, 3.8) is 0 Å².